The van der Waals surface area contributed by atoms with Crippen LogP contribution in [0.1, 0.15) is 22.8 Å². The molecule has 0 spiro atoms. The van der Waals surface area contributed by atoms with E-state index in [-0.39, 0.29) is 0 Å². The SMILES string of the molecule is COc1ccc(-c2nnc(SCc3nc(Cc4ccccc4)no3)n2CCc2ccccc2)cc1. The third kappa shape index (κ3) is 5.78. The van der Waals surface area contributed by atoms with Gasteiger partial charge < -0.3 is 13.8 Å². The lowest BCUT2D eigenvalue weighted by Crippen LogP contribution is -2.05. The fourth-order valence-corrected chi connectivity index (χ4v) is 4.56. The zero-order valence-electron chi connectivity index (χ0n) is 19.4. The summed E-state index contributed by atoms with van der Waals surface area (Å²) in [6, 6.07) is 28.4. The minimum Gasteiger partial charge on any atom is -0.497 e. The Hall–Kier alpha value is -3.91. The summed E-state index contributed by atoms with van der Waals surface area (Å²) in [4.78, 5) is 4.56. The van der Waals surface area contributed by atoms with Gasteiger partial charge in [-0.3, -0.25) is 0 Å². The van der Waals surface area contributed by atoms with Crippen LogP contribution in [0.3, 0.4) is 0 Å². The van der Waals surface area contributed by atoms with Gasteiger partial charge >= 0.3 is 0 Å². The lowest BCUT2D eigenvalue weighted by Gasteiger charge is -2.10. The van der Waals surface area contributed by atoms with Crippen molar-refractivity contribution in [1.82, 2.24) is 24.9 Å². The molecule has 0 N–H and O–H groups in total. The number of benzene rings is 3. The van der Waals surface area contributed by atoms with Gasteiger partial charge in [-0.15, -0.1) is 10.2 Å². The molecule has 0 unspecified atom stereocenters. The van der Waals surface area contributed by atoms with Crippen LogP contribution in [0.15, 0.2) is 94.6 Å². The first-order valence-electron chi connectivity index (χ1n) is 11.4. The van der Waals surface area contributed by atoms with Crippen molar-refractivity contribution < 1.29 is 9.26 Å². The third-order valence-electron chi connectivity index (χ3n) is 5.57. The highest BCUT2D eigenvalue weighted by atomic mass is 32.2. The quantitative estimate of drug-likeness (QED) is 0.244. The molecule has 0 aliphatic carbocycles. The molecule has 7 nitrogen and oxygen atoms in total. The highest BCUT2D eigenvalue weighted by Gasteiger charge is 2.16. The number of methoxy groups -OCH3 is 1. The van der Waals surface area contributed by atoms with Crippen molar-refractivity contribution in [2.75, 3.05) is 7.11 Å². The largest absolute Gasteiger partial charge is 0.497 e. The lowest BCUT2D eigenvalue weighted by atomic mass is 10.1. The van der Waals surface area contributed by atoms with Gasteiger partial charge in [0.25, 0.3) is 0 Å². The number of aryl methyl sites for hydroxylation is 1. The van der Waals surface area contributed by atoms with Crippen LogP contribution in [0.4, 0.5) is 0 Å². The maximum Gasteiger partial charge on any atom is 0.237 e. The van der Waals surface area contributed by atoms with E-state index >= 15 is 0 Å². The summed E-state index contributed by atoms with van der Waals surface area (Å²) < 4.78 is 12.9. The molecule has 0 radical (unpaired) electrons. The summed E-state index contributed by atoms with van der Waals surface area (Å²) in [5, 5.41) is 14.0. The number of aromatic nitrogens is 5. The highest BCUT2D eigenvalue weighted by molar-refractivity contribution is 7.98. The molecule has 0 saturated heterocycles. The van der Waals surface area contributed by atoms with Crippen molar-refractivity contribution in [3.8, 4) is 17.1 Å². The first-order valence-corrected chi connectivity index (χ1v) is 12.4. The Kier molecular flexibility index (Phi) is 7.19. The average molecular weight is 484 g/mol. The van der Waals surface area contributed by atoms with Crippen LogP contribution in [0, 0.1) is 0 Å². The lowest BCUT2D eigenvalue weighted by molar-refractivity contribution is 0.385. The maximum atomic E-state index is 5.49. The molecular formula is C27H25N5O2S. The van der Waals surface area contributed by atoms with Crippen molar-refractivity contribution in [2.24, 2.45) is 0 Å². The highest BCUT2D eigenvalue weighted by Crippen LogP contribution is 2.28. The molecule has 0 fully saturated rings. The normalized spacial score (nSPS) is 11.0. The van der Waals surface area contributed by atoms with Gasteiger partial charge in [0.15, 0.2) is 16.8 Å². The molecule has 176 valence electrons. The van der Waals surface area contributed by atoms with Crippen LogP contribution < -0.4 is 4.74 Å². The summed E-state index contributed by atoms with van der Waals surface area (Å²) in [6.45, 7) is 0.754. The van der Waals surface area contributed by atoms with Gasteiger partial charge in [0, 0.05) is 18.5 Å². The van der Waals surface area contributed by atoms with E-state index in [9.17, 15) is 0 Å². The molecule has 0 atom stereocenters. The summed E-state index contributed by atoms with van der Waals surface area (Å²) in [6.07, 6.45) is 1.52. The first kappa shape index (κ1) is 22.9. The van der Waals surface area contributed by atoms with Crippen LogP contribution in [0.5, 0.6) is 5.75 Å². The molecule has 2 aromatic heterocycles. The second kappa shape index (κ2) is 11.0. The van der Waals surface area contributed by atoms with E-state index in [1.807, 2.05) is 48.5 Å². The molecule has 0 aliphatic heterocycles. The van der Waals surface area contributed by atoms with Crippen LogP contribution >= 0.6 is 11.8 Å². The predicted molar refractivity (Wildman–Crippen MR) is 135 cm³/mol. The molecule has 5 aromatic rings. The van der Waals surface area contributed by atoms with Crippen molar-refractivity contribution in [2.45, 2.75) is 30.3 Å². The van der Waals surface area contributed by atoms with E-state index in [4.69, 9.17) is 9.26 Å². The van der Waals surface area contributed by atoms with Crippen molar-refractivity contribution in [1.29, 1.82) is 0 Å². The molecule has 0 aliphatic rings. The third-order valence-corrected chi connectivity index (χ3v) is 6.52. The molecule has 2 heterocycles. The molecule has 35 heavy (non-hydrogen) atoms. The fraction of sp³-hybridized carbons (Fsp3) is 0.185. The van der Waals surface area contributed by atoms with E-state index in [0.29, 0.717) is 23.9 Å². The molecule has 0 bridgehead atoms. The molecule has 8 heteroatoms. The molecule has 3 aromatic carbocycles. The standard InChI is InChI=1S/C27H25N5O2S/c1-33-23-14-12-22(13-15-23)26-29-30-27(32(26)17-16-20-8-4-2-5-9-20)35-19-25-28-24(31-34-25)18-21-10-6-3-7-11-21/h2-15H,16-19H2,1H3. The summed E-state index contributed by atoms with van der Waals surface area (Å²) in [7, 11) is 1.66. The minimum absolute atomic E-state index is 0.522. The van der Waals surface area contributed by atoms with Gasteiger partial charge in [0.05, 0.1) is 12.9 Å². The molecule has 0 amide bonds. The number of hydrogen-bond acceptors (Lipinski definition) is 7. The minimum atomic E-state index is 0.522. The summed E-state index contributed by atoms with van der Waals surface area (Å²) >= 11 is 1.55. The second-order valence-corrected chi connectivity index (χ2v) is 8.92. The Morgan fingerprint density at radius 1 is 0.857 bits per heavy atom. The molecule has 0 saturated carbocycles. The van der Waals surface area contributed by atoms with Crippen LogP contribution in [0.25, 0.3) is 11.4 Å². The van der Waals surface area contributed by atoms with E-state index in [0.717, 1.165) is 40.8 Å². The van der Waals surface area contributed by atoms with E-state index in [1.165, 1.54) is 5.56 Å². The van der Waals surface area contributed by atoms with Gasteiger partial charge in [0.2, 0.25) is 5.89 Å². The predicted octanol–water partition coefficient (Wildman–Crippen LogP) is 5.46. The number of nitrogens with zero attached hydrogens (tertiary/aromatic N) is 5. The van der Waals surface area contributed by atoms with Crippen molar-refractivity contribution in [3.05, 3.63) is 108 Å². The number of hydrogen-bond donors (Lipinski definition) is 0. The Morgan fingerprint density at radius 3 is 2.29 bits per heavy atom. The summed E-state index contributed by atoms with van der Waals surface area (Å²) in [5.41, 5.74) is 3.40. The number of thioether (sulfide) groups is 1. The number of ether oxygens (including phenoxy) is 1. The Morgan fingerprint density at radius 2 is 1.57 bits per heavy atom. The van der Waals surface area contributed by atoms with E-state index < -0.39 is 0 Å². The first-order chi connectivity index (χ1) is 17.3. The topological polar surface area (TPSA) is 78.9 Å². The Labute approximate surface area is 208 Å². The van der Waals surface area contributed by atoms with Crippen LogP contribution in [-0.2, 0) is 25.1 Å². The fourth-order valence-electron chi connectivity index (χ4n) is 3.76. The zero-order chi connectivity index (χ0) is 23.9. The van der Waals surface area contributed by atoms with E-state index in [1.54, 1.807) is 18.9 Å². The maximum absolute atomic E-state index is 5.49. The Bertz CT molecular complexity index is 1350. The van der Waals surface area contributed by atoms with Crippen LogP contribution in [0.2, 0.25) is 0 Å². The van der Waals surface area contributed by atoms with E-state index in [2.05, 4.69) is 61.3 Å². The van der Waals surface area contributed by atoms with Crippen molar-refractivity contribution >= 4 is 11.8 Å². The van der Waals surface area contributed by atoms with Crippen molar-refractivity contribution in [3.63, 3.8) is 0 Å². The summed E-state index contributed by atoms with van der Waals surface area (Å²) in [5.74, 6) is 3.40. The Balaban J connectivity index is 1.33. The van der Waals surface area contributed by atoms with Gasteiger partial charge in [-0.25, -0.2) is 0 Å². The van der Waals surface area contributed by atoms with Crippen LogP contribution in [-0.4, -0.2) is 32.0 Å². The molecular weight excluding hydrogens is 458 g/mol. The monoisotopic (exact) mass is 483 g/mol. The molecule has 5 rings (SSSR count). The zero-order valence-corrected chi connectivity index (χ0v) is 20.2. The van der Waals surface area contributed by atoms with Gasteiger partial charge in [0.1, 0.15) is 5.75 Å². The van der Waals surface area contributed by atoms with Gasteiger partial charge in [-0.05, 0) is 41.8 Å². The average Bonchev–Trinajstić information content (AvgIpc) is 3.54. The van der Waals surface area contributed by atoms with Gasteiger partial charge in [-0.1, -0.05) is 77.6 Å². The second-order valence-electron chi connectivity index (χ2n) is 7.98. The number of rotatable bonds is 10. The van der Waals surface area contributed by atoms with Gasteiger partial charge in [-0.2, -0.15) is 4.98 Å². The smallest absolute Gasteiger partial charge is 0.237 e.